The van der Waals surface area contributed by atoms with Crippen LogP contribution in [0.5, 0.6) is 17.2 Å². The normalized spacial score (nSPS) is 18.0. The fraction of sp³-hybridized carbons (Fsp3) is 0.562. The standard InChI is InChI=1S/C32H43ClO6/c1-9-36-29(35)26(33)16-22-10-12-24(13-11-22)37-20-32(8)15-14-23-17-28(38-21(2)34)25(18-27(23)39-32)31(6,7)19-30(3,4)5/h10-13,17-18,26H,9,14-16,19-20H2,1-8H3. The van der Waals surface area contributed by atoms with Crippen molar-refractivity contribution in [1.82, 2.24) is 0 Å². The number of benzene rings is 2. The van der Waals surface area contributed by atoms with Crippen LogP contribution in [0.3, 0.4) is 0 Å². The minimum Gasteiger partial charge on any atom is -0.489 e. The molecule has 3 rings (SSSR count). The molecule has 1 heterocycles. The summed E-state index contributed by atoms with van der Waals surface area (Å²) in [5.41, 5.74) is 2.26. The van der Waals surface area contributed by atoms with Gasteiger partial charge in [0.2, 0.25) is 0 Å². The fourth-order valence-corrected chi connectivity index (χ4v) is 5.62. The Labute approximate surface area is 238 Å². The van der Waals surface area contributed by atoms with Crippen molar-refractivity contribution >= 4 is 23.5 Å². The molecular weight excluding hydrogens is 516 g/mol. The zero-order valence-electron chi connectivity index (χ0n) is 24.6. The van der Waals surface area contributed by atoms with E-state index in [9.17, 15) is 9.59 Å². The predicted octanol–water partition coefficient (Wildman–Crippen LogP) is 7.20. The summed E-state index contributed by atoms with van der Waals surface area (Å²) in [7, 11) is 0. The number of carbonyl (C=O) groups excluding carboxylic acids is 2. The molecule has 0 saturated carbocycles. The van der Waals surface area contributed by atoms with Crippen LogP contribution >= 0.6 is 11.6 Å². The average molecular weight is 559 g/mol. The van der Waals surface area contributed by atoms with Gasteiger partial charge in [-0.15, -0.1) is 11.6 Å². The molecule has 2 unspecified atom stereocenters. The Morgan fingerprint density at radius 2 is 1.77 bits per heavy atom. The van der Waals surface area contributed by atoms with Gasteiger partial charge in [0.25, 0.3) is 0 Å². The molecule has 0 aromatic heterocycles. The molecule has 0 spiro atoms. The van der Waals surface area contributed by atoms with Gasteiger partial charge in [-0.1, -0.05) is 46.8 Å². The second-order valence-electron chi connectivity index (χ2n) is 12.6. The molecular formula is C32H43ClO6. The molecule has 6 nitrogen and oxygen atoms in total. The monoisotopic (exact) mass is 558 g/mol. The molecule has 214 valence electrons. The maximum Gasteiger partial charge on any atom is 0.324 e. The maximum absolute atomic E-state index is 11.9. The van der Waals surface area contributed by atoms with Gasteiger partial charge in [0.05, 0.1) is 6.61 Å². The average Bonchev–Trinajstić information content (AvgIpc) is 2.82. The van der Waals surface area contributed by atoms with Crippen molar-refractivity contribution in [3.63, 3.8) is 0 Å². The van der Waals surface area contributed by atoms with Crippen LogP contribution in [-0.2, 0) is 32.6 Å². The number of halogens is 1. The number of esters is 2. The highest BCUT2D eigenvalue weighted by Crippen LogP contribution is 2.45. The second-order valence-corrected chi connectivity index (χ2v) is 13.1. The van der Waals surface area contributed by atoms with Crippen molar-refractivity contribution in [3.05, 3.63) is 53.1 Å². The topological polar surface area (TPSA) is 71.1 Å². The van der Waals surface area contributed by atoms with Crippen LogP contribution < -0.4 is 14.2 Å². The van der Waals surface area contributed by atoms with Gasteiger partial charge in [-0.3, -0.25) is 9.59 Å². The van der Waals surface area contributed by atoms with E-state index in [1.165, 1.54) is 6.92 Å². The van der Waals surface area contributed by atoms with E-state index in [0.29, 0.717) is 31.1 Å². The van der Waals surface area contributed by atoms with Crippen LogP contribution in [-0.4, -0.2) is 36.1 Å². The Hall–Kier alpha value is -2.73. The Balaban J connectivity index is 1.74. The van der Waals surface area contributed by atoms with Crippen LogP contribution in [0.25, 0.3) is 0 Å². The molecule has 0 bridgehead atoms. The summed E-state index contributed by atoms with van der Waals surface area (Å²) < 4.78 is 23.3. The minimum absolute atomic E-state index is 0.0924. The number of rotatable bonds is 10. The number of hydrogen-bond acceptors (Lipinski definition) is 6. The highest BCUT2D eigenvalue weighted by atomic mass is 35.5. The van der Waals surface area contributed by atoms with E-state index >= 15 is 0 Å². The molecule has 0 N–H and O–H groups in total. The van der Waals surface area contributed by atoms with Crippen molar-refractivity contribution in [2.45, 2.75) is 97.5 Å². The fourth-order valence-electron chi connectivity index (χ4n) is 5.38. The van der Waals surface area contributed by atoms with Crippen LogP contribution in [0.15, 0.2) is 36.4 Å². The van der Waals surface area contributed by atoms with Crippen LogP contribution in [0.2, 0.25) is 0 Å². The first kappa shape index (κ1) is 30.8. The summed E-state index contributed by atoms with van der Waals surface area (Å²) in [5, 5.41) is -0.717. The molecule has 2 aromatic rings. The molecule has 2 aromatic carbocycles. The number of carbonyl (C=O) groups is 2. The highest BCUT2D eigenvalue weighted by Gasteiger charge is 2.36. The van der Waals surface area contributed by atoms with E-state index in [1.807, 2.05) is 30.3 Å². The lowest BCUT2D eigenvalue weighted by Crippen LogP contribution is -2.42. The maximum atomic E-state index is 11.9. The molecule has 7 heteroatoms. The van der Waals surface area contributed by atoms with E-state index in [-0.39, 0.29) is 16.8 Å². The van der Waals surface area contributed by atoms with Crippen LogP contribution in [0, 0.1) is 5.41 Å². The van der Waals surface area contributed by atoms with Gasteiger partial charge in [0.15, 0.2) is 0 Å². The second kappa shape index (κ2) is 12.2. The predicted molar refractivity (Wildman–Crippen MR) is 154 cm³/mol. The summed E-state index contributed by atoms with van der Waals surface area (Å²) in [6, 6.07) is 11.6. The van der Waals surface area contributed by atoms with E-state index in [4.69, 9.17) is 30.5 Å². The van der Waals surface area contributed by atoms with Gasteiger partial charge >= 0.3 is 11.9 Å². The lowest BCUT2D eigenvalue weighted by molar-refractivity contribution is -0.142. The lowest BCUT2D eigenvalue weighted by Gasteiger charge is -2.38. The largest absolute Gasteiger partial charge is 0.489 e. The van der Waals surface area contributed by atoms with Gasteiger partial charge in [-0.2, -0.15) is 0 Å². The highest BCUT2D eigenvalue weighted by molar-refractivity contribution is 6.30. The SMILES string of the molecule is CCOC(=O)C(Cl)Cc1ccc(OCC2(C)CCc3cc(OC(C)=O)c(C(C)(C)CC(C)(C)C)cc3O2)cc1. The van der Waals surface area contributed by atoms with E-state index < -0.39 is 16.9 Å². The molecule has 0 aliphatic carbocycles. The number of fused-ring (bicyclic) bond motifs is 1. The third-order valence-electron chi connectivity index (χ3n) is 6.82. The number of hydrogen-bond donors (Lipinski definition) is 0. The van der Waals surface area contributed by atoms with E-state index in [0.717, 1.165) is 41.7 Å². The smallest absolute Gasteiger partial charge is 0.324 e. The summed E-state index contributed by atoms with van der Waals surface area (Å²) in [6.45, 7) is 16.9. The number of ether oxygens (including phenoxy) is 4. The van der Waals surface area contributed by atoms with Gasteiger partial charge in [-0.25, -0.2) is 0 Å². The summed E-state index contributed by atoms with van der Waals surface area (Å²) >= 11 is 6.16. The Morgan fingerprint density at radius 3 is 2.36 bits per heavy atom. The van der Waals surface area contributed by atoms with Gasteiger partial charge in [0.1, 0.15) is 34.8 Å². The minimum atomic E-state index is -0.717. The van der Waals surface area contributed by atoms with Gasteiger partial charge in [-0.05, 0) is 85.8 Å². The summed E-state index contributed by atoms with van der Waals surface area (Å²) in [5.74, 6) is 1.40. The van der Waals surface area contributed by atoms with E-state index in [2.05, 4.69) is 47.6 Å². The Kier molecular flexibility index (Phi) is 9.64. The first-order valence-electron chi connectivity index (χ1n) is 13.7. The lowest BCUT2D eigenvalue weighted by atomic mass is 9.71. The van der Waals surface area contributed by atoms with Gasteiger partial charge in [0, 0.05) is 12.5 Å². The molecule has 1 aliphatic heterocycles. The number of alkyl halides is 1. The number of aryl methyl sites for hydroxylation is 1. The molecule has 0 amide bonds. The molecule has 1 aliphatic rings. The molecule has 39 heavy (non-hydrogen) atoms. The molecule has 2 atom stereocenters. The van der Waals surface area contributed by atoms with E-state index in [1.54, 1.807) is 6.92 Å². The first-order valence-corrected chi connectivity index (χ1v) is 14.1. The van der Waals surface area contributed by atoms with Gasteiger partial charge < -0.3 is 18.9 Å². The zero-order valence-corrected chi connectivity index (χ0v) is 25.4. The Morgan fingerprint density at radius 1 is 1.10 bits per heavy atom. The quantitative estimate of drug-likeness (QED) is 0.174. The zero-order chi connectivity index (χ0) is 29.0. The van der Waals surface area contributed by atoms with Crippen LogP contribution in [0.1, 0.15) is 84.9 Å². The first-order chi connectivity index (χ1) is 18.1. The van der Waals surface area contributed by atoms with Crippen molar-refractivity contribution in [1.29, 1.82) is 0 Å². The van der Waals surface area contributed by atoms with Crippen molar-refractivity contribution in [3.8, 4) is 17.2 Å². The Bertz CT molecular complexity index is 1160. The summed E-state index contributed by atoms with van der Waals surface area (Å²) in [4.78, 5) is 23.7. The third-order valence-corrected chi connectivity index (χ3v) is 7.15. The van der Waals surface area contributed by atoms with Crippen LogP contribution in [0.4, 0.5) is 0 Å². The molecule has 0 fully saturated rings. The molecule has 0 radical (unpaired) electrons. The third kappa shape index (κ3) is 8.63. The summed E-state index contributed by atoms with van der Waals surface area (Å²) in [6.07, 6.45) is 2.85. The van der Waals surface area contributed by atoms with Crippen molar-refractivity contribution in [2.24, 2.45) is 5.41 Å². The van der Waals surface area contributed by atoms with Crippen molar-refractivity contribution in [2.75, 3.05) is 13.2 Å². The molecule has 0 saturated heterocycles. The van der Waals surface area contributed by atoms with Crippen molar-refractivity contribution < 1.29 is 28.5 Å².